The van der Waals surface area contributed by atoms with Gasteiger partial charge in [-0.2, -0.15) is 0 Å². The molecule has 66 valence electrons. The maximum atomic E-state index is 5.23. The Morgan fingerprint density at radius 2 is 2.17 bits per heavy atom. The molecule has 0 aliphatic rings. The number of aryl methyl sites for hydroxylation is 1. The summed E-state index contributed by atoms with van der Waals surface area (Å²) in [5.74, 6) is 0.895. The number of hydrogen-bond acceptors (Lipinski definition) is 2. The molecular weight excluding hydrogens is 218 g/mol. The van der Waals surface area contributed by atoms with Crippen molar-refractivity contribution in [1.29, 1.82) is 0 Å². The van der Waals surface area contributed by atoms with Crippen LogP contribution in [-0.4, -0.2) is 12.1 Å². The van der Waals surface area contributed by atoms with Gasteiger partial charge in [0.2, 0.25) is 0 Å². The molecule has 0 atom stereocenters. The summed E-state index contributed by atoms with van der Waals surface area (Å²) in [6.07, 6.45) is 1.88. The zero-order chi connectivity index (χ0) is 9.14. The molecule has 0 unspecified atom stereocenters. The summed E-state index contributed by atoms with van der Waals surface area (Å²) >= 11 is 3.40. The number of methoxy groups -OCH3 is 1. The van der Waals surface area contributed by atoms with Gasteiger partial charge in [0.05, 0.1) is 12.8 Å². The Hall–Kier alpha value is -0.570. The first-order valence-corrected chi connectivity index (χ1v) is 4.88. The van der Waals surface area contributed by atoms with Crippen LogP contribution < -0.4 is 4.74 Å². The topological polar surface area (TPSA) is 22.1 Å². The molecule has 1 heterocycles. The van der Waals surface area contributed by atoms with Crippen LogP contribution in [0.25, 0.3) is 0 Å². The van der Waals surface area contributed by atoms with E-state index in [0.29, 0.717) is 0 Å². The zero-order valence-electron chi connectivity index (χ0n) is 7.52. The van der Waals surface area contributed by atoms with Crippen molar-refractivity contribution in [2.24, 2.45) is 0 Å². The highest BCUT2D eigenvalue weighted by molar-refractivity contribution is 9.08. The first-order chi connectivity index (χ1) is 5.70. The fourth-order valence-corrected chi connectivity index (χ4v) is 1.75. The third-order valence-corrected chi connectivity index (χ3v) is 2.52. The number of rotatable bonds is 2. The number of ether oxygens (including phenoxy) is 1. The van der Waals surface area contributed by atoms with E-state index in [1.807, 2.05) is 20.0 Å². The summed E-state index contributed by atoms with van der Waals surface area (Å²) in [6.45, 7) is 3.99. The van der Waals surface area contributed by atoms with E-state index >= 15 is 0 Å². The molecule has 1 aromatic rings. The molecule has 0 spiro atoms. The van der Waals surface area contributed by atoms with Gasteiger partial charge in [0.25, 0.3) is 0 Å². The van der Waals surface area contributed by atoms with Crippen molar-refractivity contribution in [3.63, 3.8) is 0 Å². The summed E-state index contributed by atoms with van der Waals surface area (Å²) in [6, 6.07) is 0. The second-order valence-corrected chi connectivity index (χ2v) is 3.22. The average Bonchev–Trinajstić information content (AvgIpc) is 2.06. The highest BCUT2D eigenvalue weighted by Crippen LogP contribution is 2.24. The lowest BCUT2D eigenvalue weighted by atomic mass is 10.1. The number of alkyl halides is 1. The van der Waals surface area contributed by atoms with Crippen molar-refractivity contribution in [3.05, 3.63) is 23.0 Å². The number of aromatic nitrogens is 1. The minimum absolute atomic E-state index is 0.822. The lowest BCUT2D eigenvalue weighted by Gasteiger charge is -2.09. The van der Waals surface area contributed by atoms with Gasteiger partial charge in [0.15, 0.2) is 0 Å². The van der Waals surface area contributed by atoms with E-state index in [1.54, 1.807) is 7.11 Å². The number of nitrogens with zero attached hydrogens (tertiary/aromatic N) is 1. The van der Waals surface area contributed by atoms with E-state index in [1.165, 1.54) is 11.1 Å². The Balaban J connectivity index is 3.24. The zero-order valence-corrected chi connectivity index (χ0v) is 9.10. The van der Waals surface area contributed by atoms with E-state index in [0.717, 1.165) is 16.8 Å². The van der Waals surface area contributed by atoms with Gasteiger partial charge in [0.1, 0.15) is 5.75 Å². The second kappa shape index (κ2) is 3.90. The van der Waals surface area contributed by atoms with Crippen molar-refractivity contribution < 1.29 is 4.74 Å². The van der Waals surface area contributed by atoms with E-state index < -0.39 is 0 Å². The molecule has 0 fully saturated rings. The fourth-order valence-electron chi connectivity index (χ4n) is 1.18. The molecule has 0 bridgehead atoms. The van der Waals surface area contributed by atoms with Crippen LogP contribution in [0.5, 0.6) is 5.75 Å². The third-order valence-electron chi connectivity index (χ3n) is 1.91. The van der Waals surface area contributed by atoms with Crippen LogP contribution >= 0.6 is 15.9 Å². The number of halogens is 1. The fraction of sp³-hybridized carbons (Fsp3) is 0.444. The monoisotopic (exact) mass is 229 g/mol. The van der Waals surface area contributed by atoms with Crippen LogP contribution in [0.15, 0.2) is 6.20 Å². The largest absolute Gasteiger partial charge is 0.495 e. The van der Waals surface area contributed by atoms with E-state index in [2.05, 4.69) is 20.9 Å². The molecule has 0 radical (unpaired) electrons. The molecule has 0 saturated carbocycles. The van der Waals surface area contributed by atoms with Gasteiger partial charge in [-0.1, -0.05) is 15.9 Å². The minimum Gasteiger partial charge on any atom is -0.495 e. The minimum atomic E-state index is 0.822. The maximum Gasteiger partial charge on any atom is 0.143 e. The van der Waals surface area contributed by atoms with Gasteiger partial charge in [-0.3, -0.25) is 4.98 Å². The van der Waals surface area contributed by atoms with Crippen LogP contribution in [0.2, 0.25) is 0 Å². The third kappa shape index (κ3) is 1.61. The standard InChI is InChI=1S/C9H12BrNO/c1-6-8(4-10)5-11-7(2)9(6)12-3/h5H,4H2,1-3H3. The molecule has 0 aromatic carbocycles. The quantitative estimate of drug-likeness (QED) is 0.728. The van der Waals surface area contributed by atoms with Crippen LogP contribution in [0.4, 0.5) is 0 Å². The van der Waals surface area contributed by atoms with Crippen LogP contribution in [-0.2, 0) is 5.33 Å². The molecule has 12 heavy (non-hydrogen) atoms. The highest BCUT2D eigenvalue weighted by Gasteiger charge is 2.07. The molecule has 1 rings (SSSR count). The second-order valence-electron chi connectivity index (χ2n) is 2.66. The SMILES string of the molecule is COc1c(C)ncc(CBr)c1C. The van der Waals surface area contributed by atoms with Gasteiger partial charge in [-0.25, -0.2) is 0 Å². The Kier molecular flexibility index (Phi) is 3.09. The summed E-state index contributed by atoms with van der Waals surface area (Å²) < 4.78 is 5.23. The molecule has 0 aliphatic heterocycles. The van der Waals surface area contributed by atoms with Crippen molar-refractivity contribution in [2.75, 3.05) is 7.11 Å². The van der Waals surface area contributed by atoms with Gasteiger partial charge in [-0.15, -0.1) is 0 Å². The average molecular weight is 230 g/mol. The van der Waals surface area contributed by atoms with Crippen molar-refractivity contribution in [3.8, 4) is 5.75 Å². The lowest BCUT2D eigenvalue weighted by molar-refractivity contribution is 0.405. The van der Waals surface area contributed by atoms with E-state index in [4.69, 9.17) is 4.74 Å². The van der Waals surface area contributed by atoms with Crippen LogP contribution in [0.1, 0.15) is 16.8 Å². The first kappa shape index (κ1) is 9.52. The van der Waals surface area contributed by atoms with Crippen molar-refractivity contribution in [2.45, 2.75) is 19.2 Å². The van der Waals surface area contributed by atoms with Gasteiger partial charge >= 0.3 is 0 Å². The Bertz CT molecular complexity index is 286. The van der Waals surface area contributed by atoms with E-state index in [-0.39, 0.29) is 0 Å². The Morgan fingerprint density at radius 3 is 2.67 bits per heavy atom. The lowest BCUT2D eigenvalue weighted by Crippen LogP contribution is -1.97. The molecule has 1 aromatic heterocycles. The Labute approximate surface area is 81.1 Å². The van der Waals surface area contributed by atoms with Crippen molar-refractivity contribution >= 4 is 15.9 Å². The first-order valence-electron chi connectivity index (χ1n) is 3.75. The molecule has 0 saturated heterocycles. The van der Waals surface area contributed by atoms with Crippen molar-refractivity contribution in [1.82, 2.24) is 4.98 Å². The highest BCUT2D eigenvalue weighted by atomic mass is 79.9. The smallest absolute Gasteiger partial charge is 0.143 e. The molecular formula is C9H12BrNO. The maximum absolute atomic E-state index is 5.23. The summed E-state index contributed by atoms with van der Waals surface area (Å²) in [5, 5.41) is 0.822. The van der Waals surface area contributed by atoms with Gasteiger partial charge < -0.3 is 4.74 Å². The molecule has 2 nitrogen and oxygen atoms in total. The van der Waals surface area contributed by atoms with Crippen LogP contribution in [0.3, 0.4) is 0 Å². The summed E-state index contributed by atoms with van der Waals surface area (Å²) in [4.78, 5) is 4.23. The van der Waals surface area contributed by atoms with Crippen LogP contribution in [0, 0.1) is 13.8 Å². The van der Waals surface area contributed by atoms with E-state index in [9.17, 15) is 0 Å². The summed E-state index contributed by atoms with van der Waals surface area (Å²) in [5.41, 5.74) is 3.29. The molecule has 3 heteroatoms. The molecule has 0 N–H and O–H groups in total. The van der Waals surface area contributed by atoms with Gasteiger partial charge in [0, 0.05) is 11.5 Å². The number of pyridine rings is 1. The molecule has 0 aliphatic carbocycles. The van der Waals surface area contributed by atoms with Gasteiger partial charge in [-0.05, 0) is 25.0 Å². The Morgan fingerprint density at radius 1 is 1.50 bits per heavy atom. The molecule has 0 amide bonds. The normalized spacial score (nSPS) is 10.0. The summed E-state index contributed by atoms with van der Waals surface area (Å²) in [7, 11) is 1.68. The number of hydrogen-bond donors (Lipinski definition) is 0. The predicted molar refractivity (Wildman–Crippen MR) is 52.9 cm³/mol. The predicted octanol–water partition coefficient (Wildman–Crippen LogP) is 2.60.